The summed E-state index contributed by atoms with van der Waals surface area (Å²) in [5.74, 6) is 0. The minimum atomic E-state index is 0.0417. The van der Waals surface area contributed by atoms with Gasteiger partial charge in [0.05, 0.1) is 6.17 Å². The van der Waals surface area contributed by atoms with E-state index in [2.05, 4.69) is 5.48 Å². The largest absolute Gasteiger partial charge is 0.315 e. The SMILES string of the molecule is CC(NO)N(C)C. The van der Waals surface area contributed by atoms with Crippen molar-refractivity contribution in [2.75, 3.05) is 14.1 Å². The lowest BCUT2D eigenvalue weighted by Gasteiger charge is -2.16. The van der Waals surface area contributed by atoms with Crippen LogP contribution in [0.25, 0.3) is 0 Å². The lowest BCUT2D eigenvalue weighted by molar-refractivity contribution is 0.0685. The van der Waals surface area contributed by atoms with E-state index in [-0.39, 0.29) is 6.17 Å². The van der Waals surface area contributed by atoms with Gasteiger partial charge in [-0.3, -0.25) is 4.90 Å². The van der Waals surface area contributed by atoms with Crippen molar-refractivity contribution in [1.29, 1.82) is 0 Å². The monoisotopic (exact) mass is 104 g/mol. The van der Waals surface area contributed by atoms with Crippen molar-refractivity contribution in [2.45, 2.75) is 13.1 Å². The summed E-state index contributed by atoms with van der Waals surface area (Å²) in [6.07, 6.45) is 0.0417. The number of hydrogen-bond donors (Lipinski definition) is 2. The van der Waals surface area contributed by atoms with Gasteiger partial charge >= 0.3 is 0 Å². The van der Waals surface area contributed by atoms with E-state index in [1.807, 2.05) is 25.9 Å². The van der Waals surface area contributed by atoms with Crippen LogP contribution in [0, 0.1) is 0 Å². The third-order valence-electron chi connectivity index (χ3n) is 0.961. The van der Waals surface area contributed by atoms with E-state index >= 15 is 0 Å². The van der Waals surface area contributed by atoms with Crippen LogP contribution < -0.4 is 5.48 Å². The van der Waals surface area contributed by atoms with Gasteiger partial charge in [0.2, 0.25) is 0 Å². The molecule has 0 aromatic heterocycles. The molecule has 3 nitrogen and oxygen atoms in total. The van der Waals surface area contributed by atoms with Gasteiger partial charge in [0.15, 0.2) is 0 Å². The molecule has 0 fully saturated rings. The molecule has 0 saturated heterocycles. The molecule has 3 heteroatoms. The van der Waals surface area contributed by atoms with Crippen molar-refractivity contribution >= 4 is 0 Å². The fraction of sp³-hybridized carbons (Fsp3) is 1.00. The topological polar surface area (TPSA) is 35.5 Å². The van der Waals surface area contributed by atoms with Crippen molar-refractivity contribution in [3.05, 3.63) is 0 Å². The molecule has 1 unspecified atom stereocenters. The zero-order valence-corrected chi connectivity index (χ0v) is 4.97. The van der Waals surface area contributed by atoms with E-state index in [9.17, 15) is 0 Å². The van der Waals surface area contributed by atoms with Gasteiger partial charge in [-0.2, -0.15) is 5.48 Å². The van der Waals surface area contributed by atoms with Gasteiger partial charge in [-0.15, -0.1) is 0 Å². The van der Waals surface area contributed by atoms with Crippen LogP contribution in [0.4, 0.5) is 0 Å². The van der Waals surface area contributed by atoms with Crippen LogP contribution in [-0.2, 0) is 0 Å². The van der Waals surface area contributed by atoms with Crippen LogP contribution in [-0.4, -0.2) is 30.4 Å². The van der Waals surface area contributed by atoms with Crippen LogP contribution in [0.2, 0.25) is 0 Å². The molecule has 7 heavy (non-hydrogen) atoms. The summed E-state index contributed by atoms with van der Waals surface area (Å²) in [6.45, 7) is 1.86. The molecular formula is C4H12N2O. The molecule has 0 aromatic carbocycles. The highest BCUT2D eigenvalue weighted by Crippen LogP contribution is 1.80. The van der Waals surface area contributed by atoms with Crippen LogP contribution in [0.5, 0.6) is 0 Å². The Balaban J connectivity index is 3.14. The van der Waals surface area contributed by atoms with Crippen LogP contribution >= 0.6 is 0 Å². The van der Waals surface area contributed by atoms with E-state index in [0.29, 0.717) is 0 Å². The quantitative estimate of drug-likeness (QED) is 0.378. The number of nitrogens with zero attached hydrogens (tertiary/aromatic N) is 1. The zero-order valence-electron chi connectivity index (χ0n) is 4.97. The highest BCUT2D eigenvalue weighted by atomic mass is 16.5. The molecule has 0 saturated carbocycles. The van der Waals surface area contributed by atoms with Crippen molar-refractivity contribution in [2.24, 2.45) is 0 Å². The molecule has 2 N–H and O–H groups in total. The molecule has 0 amide bonds. The Morgan fingerprint density at radius 3 is 2.00 bits per heavy atom. The number of rotatable bonds is 2. The van der Waals surface area contributed by atoms with Gasteiger partial charge in [-0.25, -0.2) is 0 Å². The van der Waals surface area contributed by atoms with Gasteiger partial charge in [0.1, 0.15) is 0 Å². The Bertz CT molecular complexity index is 47.0. The lowest BCUT2D eigenvalue weighted by Crippen LogP contribution is -2.36. The smallest absolute Gasteiger partial charge is 0.0801 e. The van der Waals surface area contributed by atoms with E-state index in [1.165, 1.54) is 0 Å². The second kappa shape index (κ2) is 2.96. The average Bonchev–Trinajstić information content (AvgIpc) is 1.65. The highest BCUT2D eigenvalue weighted by Gasteiger charge is 1.97. The van der Waals surface area contributed by atoms with Gasteiger partial charge in [-0.1, -0.05) is 0 Å². The fourth-order valence-corrected chi connectivity index (χ4v) is 0.115. The van der Waals surface area contributed by atoms with E-state index in [4.69, 9.17) is 5.21 Å². The predicted octanol–water partition coefficient (Wildman–Crippen LogP) is -0.127. The molecule has 0 aliphatic heterocycles. The predicted molar refractivity (Wildman–Crippen MR) is 28.1 cm³/mol. The first kappa shape index (κ1) is 6.88. The summed E-state index contributed by atoms with van der Waals surface area (Å²) in [7, 11) is 3.77. The Morgan fingerprint density at radius 2 is 2.00 bits per heavy atom. The molecular weight excluding hydrogens is 92.1 g/mol. The molecule has 0 aliphatic rings. The third-order valence-corrected chi connectivity index (χ3v) is 0.961. The highest BCUT2D eigenvalue weighted by molar-refractivity contribution is 4.45. The van der Waals surface area contributed by atoms with Crippen molar-refractivity contribution in [3.63, 3.8) is 0 Å². The molecule has 0 bridgehead atoms. The first-order valence-corrected chi connectivity index (χ1v) is 2.24. The maximum Gasteiger partial charge on any atom is 0.0801 e. The summed E-state index contributed by atoms with van der Waals surface area (Å²) in [6, 6.07) is 0. The maximum absolute atomic E-state index is 8.21. The molecule has 1 atom stereocenters. The molecule has 0 heterocycles. The van der Waals surface area contributed by atoms with Crippen LogP contribution in [0.3, 0.4) is 0 Å². The summed E-state index contributed by atoms with van der Waals surface area (Å²) < 4.78 is 0. The number of nitrogens with one attached hydrogen (secondary N) is 1. The van der Waals surface area contributed by atoms with Crippen molar-refractivity contribution < 1.29 is 5.21 Å². The zero-order chi connectivity index (χ0) is 5.86. The average molecular weight is 104 g/mol. The first-order valence-electron chi connectivity index (χ1n) is 2.24. The van der Waals surface area contributed by atoms with Crippen molar-refractivity contribution in [3.8, 4) is 0 Å². The molecule has 0 rings (SSSR count). The van der Waals surface area contributed by atoms with Crippen LogP contribution in [0.15, 0.2) is 0 Å². The number of hydroxylamine groups is 1. The van der Waals surface area contributed by atoms with Gasteiger partial charge in [0.25, 0.3) is 0 Å². The van der Waals surface area contributed by atoms with Crippen molar-refractivity contribution in [1.82, 2.24) is 10.4 Å². The van der Waals surface area contributed by atoms with E-state index in [1.54, 1.807) is 0 Å². The first-order chi connectivity index (χ1) is 3.18. The summed E-state index contributed by atoms with van der Waals surface area (Å²) in [5.41, 5.74) is 2.09. The number of hydrogen-bond acceptors (Lipinski definition) is 3. The van der Waals surface area contributed by atoms with Gasteiger partial charge in [-0.05, 0) is 21.0 Å². The lowest BCUT2D eigenvalue weighted by atomic mass is 10.5. The normalized spacial score (nSPS) is 15.0. The second-order valence-electron chi connectivity index (χ2n) is 1.77. The molecule has 0 aliphatic carbocycles. The Kier molecular flexibility index (Phi) is 2.91. The Labute approximate surface area is 43.9 Å². The summed E-state index contributed by atoms with van der Waals surface area (Å²) in [4.78, 5) is 1.86. The Hall–Kier alpha value is -0.120. The summed E-state index contributed by atoms with van der Waals surface area (Å²) in [5, 5.41) is 8.21. The standard InChI is InChI=1S/C4H12N2O/c1-4(5-7)6(2)3/h4-5,7H,1-3H3. The van der Waals surface area contributed by atoms with Gasteiger partial charge < -0.3 is 5.21 Å². The van der Waals surface area contributed by atoms with Crippen LogP contribution in [0.1, 0.15) is 6.92 Å². The summed E-state index contributed by atoms with van der Waals surface area (Å²) >= 11 is 0. The minimum absolute atomic E-state index is 0.0417. The molecule has 0 radical (unpaired) electrons. The second-order valence-corrected chi connectivity index (χ2v) is 1.77. The van der Waals surface area contributed by atoms with E-state index < -0.39 is 0 Å². The third kappa shape index (κ3) is 2.56. The molecule has 44 valence electrons. The molecule has 0 aromatic rings. The molecule has 0 spiro atoms. The van der Waals surface area contributed by atoms with E-state index in [0.717, 1.165) is 0 Å². The Morgan fingerprint density at radius 1 is 1.57 bits per heavy atom. The van der Waals surface area contributed by atoms with Gasteiger partial charge in [0, 0.05) is 0 Å². The minimum Gasteiger partial charge on any atom is -0.315 e. The maximum atomic E-state index is 8.21. The fourth-order valence-electron chi connectivity index (χ4n) is 0.115.